The molecule has 2 amide bonds. The van der Waals surface area contributed by atoms with E-state index < -0.39 is 0 Å². The number of halogens is 1. The molecule has 7 nitrogen and oxygen atoms in total. The van der Waals surface area contributed by atoms with Gasteiger partial charge in [0.1, 0.15) is 22.7 Å². The lowest BCUT2D eigenvalue weighted by Crippen LogP contribution is -2.43. The number of hydrogen-bond donors (Lipinski definition) is 2. The van der Waals surface area contributed by atoms with Crippen LogP contribution >= 0.6 is 15.9 Å². The number of rotatable bonds is 3. The van der Waals surface area contributed by atoms with Crippen molar-refractivity contribution in [2.75, 3.05) is 0 Å². The highest BCUT2D eigenvalue weighted by Gasteiger charge is 2.41. The third-order valence-electron chi connectivity index (χ3n) is 8.33. The quantitative estimate of drug-likeness (QED) is 0.361. The first-order valence-electron chi connectivity index (χ1n) is 14.6. The molecule has 1 aromatic heterocycles. The molecule has 3 heterocycles. The van der Waals surface area contributed by atoms with Crippen molar-refractivity contribution < 1.29 is 9.59 Å². The molecule has 8 heteroatoms. The Bertz CT molecular complexity index is 1500. The monoisotopic (exact) mass is 611 g/mol. The number of carbonyl (C=O) groups excluding carboxylic acids is 2. The zero-order valence-electron chi connectivity index (χ0n) is 23.0. The predicted octanol–water partition coefficient (Wildman–Crippen LogP) is 6.36. The first-order chi connectivity index (χ1) is 19.9. The zero-order chi connectivity index (χ0) is 28.3. The van der Waals surface area contributed by atoms with E-state index in [2.05, 4.69) is 31.5 Å². The standard InChI is InChI=1S/C19H19N3O.C14H15BrN2O/c23-18-17(21-19(22-18)10-3-1-4-11-19)15-8-6-7-14(13-15)16-9-2-5-12-20-16;15-11-6-4-5-10(9-11)12-13(18)17-14(16-12)7-2-1-3-8-14/h2,5-9,12-13H,1,3-4,10-11H2,(H,22,23);4-6,9H,1-3,7-8H2,(H,17,18). The van der Waals surface area contributed by atoms with Crippen molar-refractivity contribution >= 4 is 39.2 Å². The van der Waals surface area contributed by atoms with Crippen LogP contribution in [-0.4, -0.2) is 39.5 Å². The highest BCUT2D eigenvalue weighted by atomic mass is 79.9. The zero-order valence-corrected chi connectivity index (χ0v) is 24.6. The molecule has 2 aliphatic carbocycles. The molecule has 0 atom stereocenters. The van der Waals surface area contributed by atoms with Gasteiger partial charge in [-0.05, 0) is 81.7 Å². The summed E-state index contributed by atoms with van der Waals surface area (Å²) in [6, 6.07) is 21.5. The second-order valence-electron chi connectivity index (χ2n) is 11.3. The van der Waals surface area contributed by atoms with Crippen LogP contribution in [0.3, 0.4) is 0 Å². The van der Waals surface area contributed by atoms with Gasteiger partial charge in [0.05, 0.1) is 5.69 Å². The lowest BCUT2D eigenvalue weighted by atomic mass is 9.90. The largest absolute Gasteiger partial charge is 0.326 e. The van der Waals surface area contributed by atoms with Crippen molar-refractivity contribution in [3.05, 3.63) is 88.5 Å². The highest BCUT2D eigenvalue weighted by molar-refractivity contribution is 9.10. The van der Waals surface area contributed by atoms with Gasteiger partial charge in [-0.1, -0.05) is 65.2 Å². The molecule has 3 aromatic rings. The maximum absolute atomic E-state index is 12.4. The van der Waals surface area contributed by atoms with E-state index in [1.54, 1.807) is 6.20 Å². The van der Waals surface area contributed by atoms with E-state index in [0.29, 0.717) is 11.4 Å². The molecule has 7 rings (SSSR count). The number of hydrogen-bond acceptors (Lipinski definition) is 5. The first-order valence-corrected chi connectivity index (χ1v) is 15.4. The number of nitrogens with zero attached hydrogens (tertiary/aromatic N) is 3. The number of benzene rings is 2. The predicted molar refractivity (Wildman–Crippen MR) is 165 cm³/mol. The molecular formula is C33H34BrN5O2. The first kappa shape index (κ1) is 27.5. The molecule has 4 aliphatic rings. The van der Waals surface area contributed by atoms with Gasteiger partial charge >= 0.3 is 0 Å². The van der Waals surface area contributed by atoms with E-state index in [4.69, 9.17) is 9.98 Å². The van der Waals surface area contributed by atoms with E-state index in [-0.39, 0.29) is 23.1 Å². The second-order valence-corrected chi connectivity index (χ2v) is 12.2. The van der Waals surface area contributed by atoms with Gasteiger partial charge in [0.15, 0.2) is 0 Å². The molecule has 210 valence electrons. The third-order valence-corrected chi connectivity index (χ3v) is 8.82. The Morgan fingerprint density at radius 2 is 1.15 bits per heavy atom. The van der Waals surface area contributed by atoms with Gasteiger partial charge in [0.2, 0.25) is 0 Å². The molecule has 0 bridgehead atoms. The van der Waals surface area contributed by atoms with Crippen LogP contribution in [0.2, 0.25) is 0 Å². The fraction of sp³-hybridized carbons (Fsp3) is 0.364. The van der Waals surface area contributed by atoms with Crippen LogP contribution in [0.4, 0.5) is 0 Å². The van der Waals surface area contributed by atoms with Crippen molar-refractivity contribution in [3.63, 3.8) is 0 Å². The number of pyridine rings is 1. The Kier molecular flexibility index (Phi) is 7.84. The summed E-state index contributed by atoms with van der Waals surface area (Å²) >= 11 is 3.43. The van der Waals surface area contributed by atoms with E-state index in [0.717, 1.165) is 78.2 Å². The van der Waals surface area contributed by atoms with Crippen molar-refractivity contribution in [1.82, 2.24) is 15.6 Å². The Balaban J connectivity index is 0.000000152. The summed E-state index contributed by atoms with van der Waals surface area (Å²) in [5.41, 5.74) is 4.14. The summed E-state index contributed by atoms with van der Waals surface area (Å²) in [6.45, 7) is 0. The van der Waals surface area contributed by atoms with E-state index in [9.17, 15) is 9.59 Å². The average molecular weight is 613 g/mol. The van der Waals surface area contributed by atoms with Crippen molar-refractivity contribution in [1.29, 1.82) is 0 Å². The van der Waals surface area contributed by atoms with E-state index >= 15 is 0 Å². The van der Waals surface area contributed by atoms with Crippen LogP contribution < -0.4 is 10.6 Å². The van der Waals surface area contributed by atoms with Gasteiger partial charge in [-0.2, -0.15) is 0 Å². The molecule has 2 saturated carbocycles. The molecule has 2 aliphatic heterocycles. The third kappa shape index (κ3) is 6.03. The Labute approximate surface area is 249 Å². The van der Waals surface area contributed by atoms with E-state index in [1.165, 1.54) is 12.8 Å². The van der Waals surface area contributed by atoms with Gasteiger partial charge in [-0.3, -0.25) is 24.6 Å². The number of carbonyl (C=O) groups is 2. The van der Waals surface area contributed by atoms with Gasteiger partial charge in [0.25, 0.3) is 11.8 Å². The Morgan fingerprint density at radius 1 is 0.610 bits per heavy atom. The molecule has 2 fully saturated rings. The summed E-state index contributed by atoms with van der Waals surface area (Å²) in [4.78, 5) is 38.4. The van der Waals surface area contributed by atoms with Crippen LogP contribution in [0.25, 0.3) is 11.3 Å². The topological polar surface area (TPSA) is 95.8 Å². The minimum absolute atomic E-state index is 0.0324. The van der Waals surface area contributed by atoms with Crippen molar-refractivity contribution in [2.24, 2.45) is 9.98 Å². The van der Waals surface area contributed by atoms with Gasteiger partial charge in [-0.15, -0.1) is 0 Å². The summed E-state index contributed by atoms with van der Waals surface area (Å²) in [5, 5.41) is 6.20. The normalized spacial score (nSPS) is 20.5. The maximum Gasteiger partial charge on any atom is 0.272 e. The van der Waals surface area contributed by atoms with Gasteiger partial charge < -0.3 is 10.6 Å². The smallest absolute Gasteiger partial charge is 0.272 e. The molecule has 0 saturated heterocycles. The molecule has 2 N–H and O–H groups in total. The van der Waals surface area contributed by atoms with Crippen LogP contribution in [0.5, 0.6) is 0 Å². The van der Waals surface area contributed by atoms with Gasteiger partial charge in [0, 0.05) is 27.4 Å². The lowest BCUT2D eigenvalue weighted by molar-refractivity contribution is -0.116. The summed E-state index contributed by atoms with van der Waals surface area (Å²) in [7, 11) is 0. The van der Waals surface area contributed by atoms with E-state index in [1.807, 2.05) is 66.7 Å². The average Bonchev–Trinajstić information content (AvgIpc) is 3.49. The number of amides is 2. The Morgan fingerprint density at radius 3 is 1.68 bits per heavy atom. The number of aromatic nitrogens is 1. The number of nitrogens with one attached hydrogen (secondary N) is 2. The fourth-order valence-electron chi connectivity index (χ4n) is 6.26. The van der Waals surface area contributed by atoms with Crippen molar-refractivity contribution in [2.45, 2.75) is 75.5 Å². The van der Waals surface area contributed by atoms with Crippen molar-refractivity contribution in [3.8, 4) is 11.3 Å². The summed E-state index contributed by atoms with van der Waals surface area (Å²) < 4.78 is 0.972. The molecule has 2 spiro atoms. The van der Waals surface area contributed by atoms with Crippen LogP contribution in [0.1, 0.15) is 75.3 Å². The van der Waals surface area contributed by atoms with Crippen LogP contribution in [-0.2, 0) is 9.59 Å². The molecule has 0 unspecified atom stereocenters. The minimum Gasteiger partial charge on any atom is -0.326 e. The molecular weight excluding hydrogens is 578 g/mol. The van der Waals surface area contributed by atoms with Crippen LogP contribution in [0, 0.1) is 0 Å². The Hall–Kier alpha value is -3.65. The van der Waals surface area contributed by atoms with Crippen LogP contribution in [0.15, 0.2) is 87.4 Å². The summed E-state index contributed by atoms with van der Waals surface area (Å²) in [5.74, 6) is -0.0833. The number of aliphatic imine (C=N–C) groups is 2. The molecule has 0 radical (unpaired) electrons. The highest BCUT2D eigenvalue weighted by Crippen LogP contribution is 2.34. The lowest BCUT2D eigenvalue weighted by Gasteiger charge is -2.30. The molecule has 41 heavy (non-hydrogen) atoms. The fourth-order valence-corrected chi connectivity index (χ4v) is 6.66. The minimum atomic E-state index is -0.355. The molecule has 2 aromatic carbocycles. The second kappa shape index (κ2) is 11.7. The maximum atomic E-state index is 12.4. The summed E-state index contributed by atoms with van der Waals surface area (Å²) in [6.07, 6.45) is 12.6. The van der Waals surface area contributed by atoms with Gasteiger partial charge in [-0.25, -0.2) is 0 Å². The SMILES string of the molecule is O=C1NC2(CCCCC2)N=C1c1cccc(-c2ccccn2)c1.O=C1NC2(CCCCC2)N=C1c1cccc(Br)c1.